The van der Waals surface area contributed by atoms with Crippen LogP contribution in [-0.2, 0) is 11.0 Å². The average Bonchev–Trinajstić information content (AvgIpc) is 2.91. The van der Waals surface area contributed by atoms with Crippen molar-refractivity contribution < 1.29 is 18.0 Å². The summed E-state index contributed by atoms with van der Waals surface area (Å²) in [6.45, 7) is 1.62. The Morgan fingerprint density at radius 2 is 2.19 bits per heavy atom. The minimum atomic E-state index is -4.44. The summed E-state index contributed by atoms with van der Waals surface area (Å²) >= 11 is 1.12. The maximum Gasteiger partial charge on any atom is 0.416 e. The number of aromatic nitrogens is 3. The second kappa shape index (κ2) is 6.17. The molecule has 112 valence electrons. The number of alkyl halides is 3. The fourth-order valence-electron chi connectivity index (χ4n) is 1.49. The molecule has 2 rings (SSSR count). The van der Waals surface area contributed by atoms with Gasteiger partial charge in [-0.2, -0.15) is 18.3 Å². The highest BCUT2D eigenvalue weighted by molar-refractivity contribution is 8.00. The summed E-state index contributed by atoms with van der Waals surface area (Å²) in [4.78, 5) is 15.8. The van der Waals surface area contributed by atoms with Crippen LogP contribution in [0, 0.1) is 0 Å². The number of anilines is 1. The molecule has 1 atom stereocenters. The number of hydrogen-bond donors (Lipinski definition) is 2. The monoisotopic (exact) mass is 316 g/mol. The van der Waals surface area contributed by atoms with Crippen LogP contribution < -0.4 is 5.32 Å². The molecule has 0 fully saturated rings. The Balaban J connectivity index is 2.02. The SMILES string of the molecule is C[C@@H](Sc1ncn[nH]1)C(=O)Nc1cccc(C(F)(F)F)c1. The third-order valence-corrected chi connectivity index (χ3v) is 3.50. The minimum Gasteiger partial charge on any atom is -0.325 e. The number of nitrogens with zero attached hydrogens (tertiary/aromatic N) is 2. The number of benzene rings is 1. The van der Waals surface area contributed by atoms with Gasteiger partial charge in [0.2, 0.25) is 5.91 Å². The molecule has 0 bridgehead atoms. The average molecular weight is 316 g/mol. The van der Waals surface area contributed by atoms with Crippen LogP contribution in [0.1, 0.15) is 12.5 Å². The van der Waals surface area contributed by atoms with Crippen LogP contribution in [0.25, 0.3) is 0 Å². The minimum absolute atomic E-state index is 0.0971. The lowest BCUT2D eigenvalue weighted by molar-refractivity contribution is -0.137. The van der Waals surface area contributed by atoms with Crippen molar-refractivity contribution in [2.24, 2.45) is 0 Å². The van der Waals surface area contributed by atoms with Crippen LogP contribution in [0.5, 0.6) is 0 Å². The Hall–Kier alpha value is -2.03. The Morgan fingerprint density at radius 3 is 2.81 bits per heavy atom. The summed E-state index contributed by atoms with van der Waals surface area (Å²) in [6.07, 6.45) is -3.14. The summed E-state index contributed by atoms with van der Waals surface area (Å²) in [7, 11) is 0. The Labute approximate surface area is 122 Å². The molecule has 1 amide bonds. The fourth-order valence-corrected chi connectivity index (χ4v) is 2.20. The van der Waals surface area contributed by atoms with Gasteiger partial charge in [-0.1, -0.05) is 17.8 Å². The smallest absolute Gasteiger partial charge is 0.325 e. The molecule has 21 heavy (non-hydrogen) atoms. The highest BCUT2D eigenvalue weighted by Gasteiger charge is 2.30. The van der Waals surface area contributed by atoms with Crippen LogP contribution in [-0.4, -0.2) is 26.3 Å². The molecule has 2 N–H and O–H groups in total. The van der Waals surface area contributed by atoms with E-state index in [0.29, 0.717) is 5.16 Å². The van der Waals surface area contributed by atoms with E-state index < -0.39 is 22.9 Å². The van der Waals surface area contributed by atoms with Gasteiger partial charge in [0, 0.05) is 5.69 Å². The first-order valence-corrected chi connectivity index (χ1v) is 6.74. The van der Waals surface area contributed by atoms with Crippen LogP contribution >= 0.6 is 11.8 Å². The van der Waals surface area contributed by atoms with E-state index >= 15 is 0 Å². The van der Waals surface area contributed by atoms with Crippen LogP contribution in [0.2, 0.25) is 0 Å². The maximum absolute atomic E-state index is 12.6. The second-order valence-corrected chi connectivity index (χ2v) is 5.45. The molecule has 2 aromatic rings. The Kier molecular flexibility index (Phi) is 4.51. The van der Waals surface area contributed by atoms with Crippen molar-refractivity contribution in [2.45, 2.75) is 23.5 Å². The largest absolute Gasteiger partial charge is 0.416 e. The van der Waals surface area contributed by atoms with E-state index in [1.165, 1.54) is 18.5 Å². The third-order valence-electron chi connectivity index (χ3n) is 2.51. The molecule has 0 saturated heterocycles. The van der Waals surface area contributed by atoms with Gasteiger partial charge in [-0.15, -0.1) is 0 Å². The van der Waals surface area contributed by atoms with Gasteiger partial charge in [-0.05, 0) is 25.1 Å². The molecule has 0 radical (unpaired) electrons. The summed E-state index contributed by atoms with van der Waals surface area (Å²) < 4.78 is 37.7. The maximum atomic E-state index is 12.6. The van der Waals surface area contributed by atoms with Crippen molar-refractivity contribution in [2.75, 3.05) is 5.32 Å². The molecule has 5 nitrogen and oxygen atoms in total. The molecule has 1 aromatic heterocycles. The lowest BCUT2D eigenvalue weighted by Crippen LogP contribution is -2.22. The summed E-state index contributed by atoms with van der Waals surface area (Å²) in [5.74, 6) is -0.421. The van der Waals surface area contributed by atoms with Crippen molar-refractivity contribution in [3.05, 3.63) is 36.2 Å². The zero-order valence-corrected chi connectivity index (χ0v) is 11.6. The van der Waals surface area contributed by atoms with Gasteiger partial charge in [-0.25, -0.2) is 4.98 Å². The van der Waals surface area contributed by atoms with E-state index in [4.69, 9.17) is 0 Å². The zero-order chi connectivity index (χ0) is 15.5. The first-order valence-electron chi connectivity index (χ1n) is 5.86. The van der Waals surface area contributed by atoms with E-state index in [1.54, 1.807) is 6.92 Å². The quantitative estimate of drug-likeness (QED) is 0.851. The second-order valence-electron chi connectivity index (χ2n) is 4.12. The fraction of sp³-hybridized carbons (Fsp3) is 0.250. The van der Waals surface area contributed by atoms with Crippen molar-refractivity contribution in [1.29, 1.82) is 0 Å². The molecule has 0 aliphatic carbocycles. The van der Waals surface area contributed by atoms with Crippen molar-refractivity contribution >= 4 is 23.4 Å². The van der Waals surface area contributed by atoms with Crippen molar-refractivity contribution in [1.82, 2.24) is 15.2 Å². The molecule has 0 spiro atoms. The molecule has 9 heteroatoms. The topological polar surface area (TPSA) is 70.7 Å². The van der Waals surface area contributed by atoms with E-state index in [9.17, 15) is 18.0 Å². The van der Waals surface area contributed by atoms with E-state index in [-0.39, 0.29) is 5.69 Å². The number of halogens is 3. The Bertz CT molecular complexity index is 615. The van der Waals surface area contributed by atoms with E-state index in [0.717, 1.165) is 23.9 Å². The predicted molar refractivity (Wildman–Crippen MR) is 71.8 cm³/mol. The molecule has 0 unspecified atom stereocenters. The van der Waals surface area contributed by atoms with Crippen LogP contribution in [0.15, 0.2) is 35.7 Å². The number of nitrogens with one attached hydrogen (secondary N) is 2. The van der Waals surface area contributed by atoms with Crippen molar-refractivity contribution in [3.63, 3.8) is 0 Å². The van der Waals surface area contributed by atoms with Gasteiger partial charge < -0.3 is 5.32 Å². The number of thioether (sulfide) groups is 1. The van der Waals surface area contributed by atoms with Gasteiger partial charge in [0.05, 0.1) is 10.8 Å². The van der Waals surface area contributed by atoms with Gasteiger partial charge in [0.15, 0.2) is 5.16 Å². The number of hydrogen-bond acceptors (Lipinski definition) is 4. The van der Waals surface area contributed by atoms with Gasteiger partial charge in [0.1, 0.15) is 6.33 Å². The summed E-state index contributed by atoms with van der Waals surface area (Å²) in [5.41, 5.74) is -0.712. The zero-order valence-electron chi connectivity index (χ0n) is 10.8. The highest BCUT2D eigenvalue weighted by atomic mass is 32.2. The summed E-state index contributed by atoms with van der Waals surface area (Å²) in [6, 6.07) is 4.48. The number of carbonyl (C=O) groups excluding carboxylic acids is 1. The van der Waals surface area contributed by atoms with Crippen molar-refractivity contribution in [3.8, 4) is 0 Å². The number of aromatic amines is 1. The molecule has 1 heterocycles. The number of carbonyl (C=O) groups is 1. The molecular formula is C12H11F3N4OS. The third kappa shape index (κ3) is 4.22. The molecule has 0 aliphatic heterocycles. The van der Waals surface area contributed by atoms with E-state index in [1.807, 2.05) is 0 Å². The predicted octanol–water partition coefficient (Wildman–Crippen LogP) is 2.94. The number of rotatable bonds is 4. The number of amides is 1. The lowest BCUT2D eigenvalue weighted by Gasteiger charge is -2.12. The molecule has 1 aromatic carbocycles. The van der Waals surface area contributed by atoms with Gasteiger partial charge in [0.25, 0.3) is 0 Å². The van der Waals surface area contributed by atoms with Gasteiger partial charge in [-0.3, -0.25) is 9.89 Å². The van der Waals surface area contributed by atoms with Gasteiger partial charge >= 0.3 is 6.18 Å². The normalized spacial score (nSPS) is 13.0. The molecule has 0 saturated carbocycles. The number of H-pyrrole nitrogens is 1. The first kappa shape index (κ1) is 15.4. The van der Waals surface area contributed by atoms with E-state index in [2.05, 4.69) is 20.5 Å². The standard InChI is InChI=1S/C12H11F3N4OS/c1-7(21-11-16-6-17-19-11)10(20)18-9-4-2-3-8(5-9)12(13,14)15/h2-7H,1H3,(H,18,20)(H,16,17,19)/t7-/m1/s1. The molecular weight excluding hydrogens is 305 g/mol. The molecule has 0 aliphatic rings. The van der Waals surface area contributed by atoms with Crippen LogP contribution in [0.4, 0.5) is 18.9 Å². The first-order chi connectivity index (χ1) is 9.86. The highest BCUT2D eigenvalue weighted by Crippen LogP contribution is 2.30. The lowest BCUT2D eigenvalue weighted by atomic mass is 10.2. The Morgan fingerprint density at radius 1 is 1.43 bits per heavy atom. The summed E-state index contributed by atoms with van der Waals surface area (Å²) in [5, 5.41) is 8.60. The van der Waals surface area contributed by atoms with Crippen LogP contribution in [0.3, 0.4) is 0 Å².